The monoisotopic (exact) mass is 251 g/mol. The van der Waals surface area contributed by atoms with Crippen molar-refractivity contribution in [1.82, 2.24) is 9.55 Å². The van der Waals surface area contributed by atoms with E-state index in [1.165, 1.54) is 11.1 Å². The lowest BCUT2D eigenvalue weighted by Gasteiger charge is -2.09. The molecular weight excluding hydrogens is 234 g/mol. The molecule has 0 spiro atoms. The molecule has 0 unspecified atom stereocenters. The van der Waals surface area contributed by atoms with Gasteiger partial charge in [0.1, 0.15) is 0 Å². The zero-order chi connectivity index (χ0) is 13.4. The lowest BCUT2D eigenvalue weighted by Crippen LogP contribution is -2.05. The molecule has 3 heteroatoms. The average Bonchev–Trinajstić information content (AvgIpc) is 2.71. The number of nitrogen functional groups attached to an aromatic ring is 1. The van der Waals surface area contributed by atoms with Gasteiger partial charge in [0.05, 0.1) is 17.6 Å². The molecule has 0 aliphatic rings. The summed E-state index contributed by atoms with van der Waals surface area (Å²) in [5, 5.41) is 0. The van der Waals surface area contributed by atoms with E-state index in [1.54, 1.807) is 0 Å². The summed E-state index contributed by atoms with van der Waals surface area (Å²) in [7, 11) is 0. The van der Waals surface area contributed by atoms with Crippen LogP contribution in [0.15, 0.2) is 42.5 Å². The average molecular weight is 251 g/mol. The molecule has 0 radical (unpaired) electrons. The molecule has 0 atom stereocenters. The van der Waals surface area contributed by atoms with Crippen LogP contribution in [0, 0.1) is 13.8 Å². The third-order valence-corrected chi connectivity index (χ3v) is 3.60. The van der Waals surface area contributed by atoms with E-state index in [2.05, 4.69) is 59.8 Å². The molecule has 3 nitrogen and oxygen atoms in total. The SMILES string of the molecule is Cc1ccccc1Cn1c(N)nc2c(C)cccc21. The Labute approximate surface area is 112 Å². The third kappa shape index (κ3) is 1.97. The summed E-state index contributed by atoms with van der Waals surface area (Å²) < 4.78 is 2.07. The number of fused-ring (bicyclic) bond motifs is 1. The summed E-state index contributed by atoms with van der Waals surface area (Å²) in [6.07, 6.45) is 0. The molecule has 0 aliphatic heterocycles. The maximum atomic E-state index is 6.07. The van der Waals surface area contributed by atoms with Crippen LogP contribution in [0.2, 0.25) is 0 Å². The Hall–Kier alpha value is -2.29. The van der Waals surface area contributed by atoms with Crippen LogP contribution in [-0.4, -0.2) is 9.55 Å². The summed E-state index contributed by atoms with van der Waals surface area (Å²) in [6, 6.07) is 14.6. The van der Waals surface area contributed by atoms with Gasteiger partial charge < -0.3 is 10.3 Å². The number of para-hydroxylation sites is 1. The van der Waals surface area contributed by atoms with Gasteiger partial charge in [0, 0.05) is 0 Å². The maximum Gasteiger partial charge on any atom is 0.201 e. The first kappa shape index (κ1) is 11.8. The molecule has 96 valence electrons. The van der Waals surface area contributed by atoms with Crippen molar-refractivity contribution in [2.45, 2.75) is 20.4 Å². The smallest absolute Gasteiger partial charge is 0.201 e. The quantitative estimate of drug-likeness (QED) is 0.759. The van der Waals surface area contributed by atoms with Crippen molar-refractivity contribution < 1.29 is 0 Å². The second-order valence-corrected chi connectivity index (χ2v) is 4.93. The highest BCUT2D eigenvalue weighted by atomic mass is 15.1. The third-order valence-electron chi connectivity index (χ3n) is 3.60. The van der Waals surface area contributed by atoms with Gasteiger partial charge in [0.25, 0.3) is 0 Å². The Morgan fingerprint density at radius 3 is 2.53 bits per heavy atom. The van der Waals surface area contributed by atoms with Crippen LogP contribution < -0.4 is 5.73 Å². The fourth-order valence-corrected chi connectivity index (χ4v) is 2.43. The second-order valence-electron chi connectivity index (χ2n) is 4.93. The Balaban J connectivity index is 2.13. The molecule has 3 rings (SSSR count). The van der Waals surface area contributed by atoms with Crippen LogP contribution in [-0.2, 0) is 6.54 Å². The molecule has 0 amide bonds. The van der Waals surface area contributed by atoms with Crippen LogP contribution in [0.25, 0.3) is 11.0 Å². The number of rotatable bonds is 2. The first-order valence-corrected chi connectivity index (χ1v) is 6.42. The number of aromatic nitrogens is 2. The molecule has 3 aromatic rings. The topological polar surface area (TPSA) is 43.8 Å². The first-order valence-electron chi connectivity index (χ1n) is 6.42. The molecule has 2 N–H and O–H groups in total. The summed E-state index contributed by atoms with van der Waals surface area (Å²) in [5.41, 5.74) is 11.9. The van der Waals surface area contributed by atoms with Crippen LogP contribution in [0.1, 0.15) is 16.7 Å². The zero-order valence-electron chi connectivity index (χ0n) is 11.2. The van der Waals surface area contributed by atoms with E-state index in [9.17, 15) is 0 Å². The van der Waals surface area contributed by atoms with Gasteiger partial charge in [-0.1, -0.05) is 36.4 Å². The molecule has 0 aliphatic carbocycles. The van der Waals surface area contributed by atoms with Crippen molar-refractivity contribution in [2.75, 3.05) is 5.73 Å². The van der Waals surface area contributed by atoms with Crippen LogP contribution >= 0.6 is 0 Å². The van der Waals surface area contributed by atoms with E-state index in [0.29, 0.717) is 5.95 Å². The number of aryl methyl sites for hydroxylation is 2. The van der Waals surface area contributed by atoms with E-state index in [4.69, 9.17) is 5.73 Å². The molecule has 0 bridgehead atoms. The number of benzene rings is 2. The number of hydrogen-bond donors (Lipinski definition) is 1. The van der Waals surface area contributed by atoms with E-state index in [0.717, 1.165) is 23.1 Å². The molecular formula is C16H17N3. The molecule has 19 heavy (non-hydrogen) atoms. The number of nitrogens with zero attached hydrogens (tertiary/aromatic N) is 2. The van der Waals surface area contributed by atoms with Gasteiger partial charge in [-0.05, 0) is 36.6 Å². The highest BCUT2D eigenvalue weighted by molar-refractivity contribution is 5.81. The molecule has 0 saturated carbocycles. The van der Waals surface area contributed by atoms with Gasteiger partial charge in [-0.25, -0.2) is 4.98 Å². The van der Waals surface area contributed by atoms with Crippen molar-refractivity contribution in [1.29, 1.82) is 0 Å². The number of hydrogen-bond acceptors (Lipinski definition) is 2. The van der Waals surface area contributed by atoms with Gasteiger partial charge in [-0.3, -0.25) is 0 Å². The van der Waals surface area contributed by atoms with E-state index >= 15 is 0 Å². The van der Waals surface area contributed by atoms with Crippen LogP contribution in [0.4, 0.5) is 5.95 Å². The second kappa shape index (κ2) is 4.43. The predicted molar refractivity (Wildman–Crippen MR) is 79.2 cm³/mol. The lowest BCUT2D eigenvalue weighted by atomic mass is 10.1. The van der Waals surface area contributed by atoms with Crippen molar-refractivity contribution in [3.05, 3.63) is 59.2 Å². The normalized spacial score (nSPS) is 11.1. The van der Waals surface area contributed by atoms with Gasteiger partial charge in [-0.15, -0.1) is 0 Å². The predicted octanol–water partition coefficient (Wildman–Crippen LogP) is 3.28. The van der Waals surface area contributed by atoms with Gasteiger partial charge in [-0.2, -0.15) is 0 Å². The summed E-state index contributed by atoms with van der Waals surface area (Å²) in [4.78, 5) is 4.48. The van der Waals surface area contributed by atoms with Gasteiger partial charge in [0.2, 0.25) is 5.95 Å². The van der Waals surface area contributed by atoms with Crippen molar-refractivity contribution >= 4 is 17.0 Å². The van der Waals surface area contributed by atoms with Gasteiger partial charge in [0.15, 0.2) is 0 Å². The van der Waals surface area contributed by atoms with Crippen molar-refractivity contribution in [3.8, 4) is 0 Å². The maximum absolute atomic E-state index is 6.07. The fraction of sp³-hybridized carbons (Fsp3) is 0.188. The Kier molecular flexibility index (Phi) is 2.75. The van der Waals surface area contributed by atoms with Crippen molar-refractivity contribution in [3.63, 3.8) is 0 Å². The summed E-state index contributed by atoms with van der Waals surface area (Å²) in [5.74, 6) is 0.576. The minimum absolute atomic E-state index is 0.576. The molecule has 0 fully saturated rings. The first-order chi connectivity index (χ1) is 9.16. The van der Waals surface area contributed by atoms with Gasteiger partial charge >= 0.3 is 0 Å². The highest BCUT2D eigenvalue weighted by Crippen LogP contribution is 2.22. The van der Waals surface area contributed by atoms with Crippen LogP contribution in [0.3, 0.4) is 0 Å². The summed E-state index contributed by atoms with van der Waals surface area (Å²) in [6.45, 7) is 4.95. The lowest BCUT2D eigenvalue weighted by molar-refractivity contribution is 0.832. The molecule has 2 aromatic carbocycles. The summed E-state index contributed by atoms with van der Waals surface area (Å²) >= 11 is 0. The number of imidazole rings is 1. The fourth-order valence-electron chi connectivity index (χ4n) is 2.43. The van der Waals surface area contributed by atoms with Crippen LogP contribution in [0.5, 0.6) is 0 Å². The van der Waals surface area contributed by atoms with E-state index in [-0.39, 0.29) is 0 Å². The Morgan fingerprint density at radius 1 is 1.00 bits per heavy atom. The van der Waals surface area contributed by atoms with Crippen molar-refractivity contribution in [2.24, 2.45) is 0 Å². The number of anilines is 1. The number of nitrogens with two attached hydrogens (primary N) is 1. The largest absolute Gasteiger partial charge is 0.369 e. The molecule has 1 heterocycles. The zero-order valence-corrected chi connectivity index (χ0v) is 11.2. The molecule has 1 aromatic heterocycles. The van der Waals surface area contributed by atoms with E-state index < -0.39 is 0 Å². The Morgan fingerprint density at radius 2 is 1.74 bits per heavy atom. The highest BCUT2D eigenvalue weighted by Gasteiger charge is 2.10. The Bertz CT molecular complexity index is 741. The minimum Gasteiger partial charge on any atom is -0.369 e. The minimum atomic E-state index is 0.576. The standard InChI is InChI=1S/C16H17N3/c1-11-6-3-4-8-13(11)10-19-14-9-5-7-12(2)15(14)18-16(19)17/h3-9H,10H2,1-2H3,(H2,17,18). The molecule has 0 saturated heterocycles. The van der Waals surface area contributed by atoms with E-state index in [1.807, 2.05) is 6.07 Å².